The molecule has 172 valence electrons. The van der Waals surface area contributed by atoms with Gasteiger partial charge in [0.05, 0.1) is 11.4 Å². The lowest BCUT2D eigenvalue weighted by Gasteiger charge is -2.29. The van der Waals surface area contributed by atoms with Crippen molar-refractivity contribution >= 4 is 38.1 Å². The van der Waals surface area contributed by atoms with Crippen LogP contribution < -0.4 is 8.61 Å². The number of fused-ring (bicyclic) bond motifs is 1. The maximum atomic E-state index is 13.5. The van der Waals surface area contributed by atoms with E-state index in [4.69, 9.17) is 0 Å². The SMILES string of the molecule is Cc1ccc2c3c1N(CCN1CC=C(c4c[nH]c5cc(F)ccc45)CC1)S(=O)(=O)N3CCC2. The van der Waals surface area contributed by atoms with E-state index in [1.54, 1.807) is 8.61 Å². The number of benzene rings is 2. The Balaban J connectivity index is 1.20. The van der Waals surface area contributed by atoms with Gasteiger partial charge in [-0.2, -0.15) is 8.42 Å². The third-order valence-electron chi connectivity index (χ3n) is 7.20. The number of aromatic nitrogens is 1. The molecule has 0 radical (unpaired) electrons. The molecule has 1 N–H and O–H groups in total. The Morgan fingerprint density at radius 2 is 1.94 bits per heavy atom. The van der Waals surface area contributed by atoms with E-state index in [-0.39, 0.29) is 5.82 Å². The van der Waals surface area contributed by atoms with Gasteiger partial charge in [-0.05, 0) is 61.1 Å². The molecule has 0 atom stereocenters. The molecule has 4 heterocycles. The van der Waals surface area contributed by atoms with Crippen LogP contribution in [0.3, 0.4) is 0 Å². The summed E-state index contributed by atoms with van der Waals surface area (Å²) in [6.07, 6.45) is 6.84. The zero-order valence-corrected chi connectivity index (χ0v) is 19.5. The fourth-order valence-electron chi connectivity index (χ4n) is 5.49. The predicted octanol–water partition coefficient (Wildman–Crippen LogP) is 4.22. The molecule has 33 heavy (non-hydrogen) atoms. The van der Waals surface area contributed by atoms with E-state index in [0.717, 1.165) is 71.3 Å². The van der Waals surface area contributed by atoms with Crippen molar-refractivity contribution in [2.24, 2.45) is 0 Å². The van der Waals surface area contributed by atoms with Gasteiger partial charge >= 0.3 is 10.2 Å². The highest BCUT2D eigenvalue weighted by molar-refractivity contribution is 7.94. The Labute approximate surface area is 193 Å². The Kier molecular flexibility index (Phi) is 4.78. The maximum Gasteiger partial charge on any atom is 0.326 e. The van der Waals surface area contributed by atoms with Crippen molar-refractivity contribution in [1.29, 1.82) is 0 Å². The molecule has 0 saturated carbocycles. The molecule has 0 aliphatic carbocycles. The van der Waals surface area contributed by atoms with Crippen molar-refractivity contribution in [2.45, 2.75) is 26.2 Å². The number of H-pyrrole nitrogens is 1. The Bertz CT molecular complexity index is 1390. The van der Waals surface area contributed by atoms with Crippen molar-refractivity contribution in [3.05, 3.63) is 65.1 Å². The van der Waals surface area contributed by atoms with Gasteiger partial charge in [-0.1, -0.05) is 18.2 Å². The average molecular weight is 467 g/mol. The highest BCUT2D eigenvalue weighted by atomic mass is 32.2. The minimum absolute atomic E-state index is 0.241. The van der Waals surface area contributed by atoms with Crippen LogP contribution in [-0.2, 0) is 16.6 Å². The van der Waals surface area contributed by atoms with Crippen LogP contribution in [-0.4, -0.2) is 51.0 Å². The van der Waals surface area contributed by atoms with Crippen LogP contribution in [0.1, 0.15) is 29.5 Å². The fourth-order valence-corrected chi connectivity index (χ4v) is 7.30. The zero-order chi connectivity index (χ0) is 22.7. The first-order valence-corrected chi connectivity index (χ1v) is 12.9. The van der Waals surface area contributed by atoms with Gasteiger partial charge in [0, 0.05) is 55.4 Å². The molecular weight excluding hydrogens is 439 g/mol. The van der Waals surface area contributed by atoms with Gasteiger partial charge in [0.15, 0.2) is 0 Å². The summed E-state index contributed by atoms with van der Waals surface area (Å²) < 4.78 is 43.4. The number of rotatable bonds is 4. The molecular formula is C25H27FN4O2S. The van der Waals surface area contributed by atoms with E-state index in [1.165, 1.54) is 17.7 Å². The highest BCUT2D eigenvalue weighted by Gasteiger charge is 2.43. The lowest BCUT2D eigenvalue weighted by Crippen LogP contribution is -2.43. The van der Waals surface area contributed by atoms with Gasteiger partial charge in [0.1, 0.15) is 5.82 Å². The lowest BCUT2D eigenvalue weighted by atomic mass is 9.98. The number of anilines is 2. The number of aromatic amines is 1. The second kappa shape index (κ2) is 7.60. The molecule has 8 heteroatoms. The van der Waals surface area contributed by atoms with Gasteiger partial charge < -0.3 is 4.98 Å². The molecule has 6 nitrogen and oxygen atoms in total. The van der Waals surface area contributed by atoms with Gasteiger partial charge in [0.2, 0.25) is 0 Å². The maximum absolute atomic E-state index is 13.5. The molecule has 2 aromatic carbocycles. The molecule has 3 aliphatic heterocycles. The number of hydrogen-bond donors (Lipinski definition) is 1. The van der Waals surface area contributed by atoms with Crippen molar-refractivity contribution < 1.29 is 12.8 Å². The molecule has 0 saturated heterocycles. The fraction of sp³-hybridized carbons (Fsp3) is 0.360. The summed E-state index contributed by atoms with van der Waals surface area (Å²) in [5, 5.41) is 1.03. The Morgan fingerprint density at radius 1 is 1.06 bits per heavy atom. The largest absolute Gasteiger partial charge is 0.360 e. The van der Waals surface area contributed by atoms with E-state index in [1.807, 2.05) is 19.2 Å². The highest BCUT2D eigenvalue weighted by Crippen LogP contribution is 2.47. The lowest BCUT2D eigenvalue weighted by molar-refractivity contribution is 0.311. The number of aryl methyl sites for hydroxylation is 2. The van der Waals surface area contributed by atoms with Crippen LogP contribution in [0, 0.1) is 12.7 Å². The second-order valence-corrected chi connectivity index (χ2v) is 10.9. The standard InChI is InChI=1S/C25H27FN4O2S/c1-17-4-5-19-3-2-10-29-25(19)24(17)30(33(29,31)32)14-13-28-11-8-18(9-12-28)22-16-27-23-15-20(26)6-7-21(22)23/h4-8,15-16,27H,2-3,9-14H2,1H3. The van der Waals surface area contributed by atoms with Crippen molar-refractivity contribution in [3.8, 4) is 0 Å². The Morgan fingerprint density at radius 3 is 2.76 bits per heavy atom. The molecule has 3 aromatic rings. The second-order valence-electron chi connectivity index (χ2n) is 9.17. The third-order valence-corrected chi connectivity index (χ3v) is 9.05. The molecule has 0 bridgehead atoms. The summed E-state index contributed by atoms with van der Waals surface area (Å²) in [5.41, 5.74) is 7.10. The summed E-state index contributed by atoms with van der Waals surface area (Å²) in [4.78, 5) is 5.47. The monoisotopic (exact) mass is 466 g/mol. The van der Waals surface area contributed by atoms with Crippen LogP contribution in [0.25, 0.3) is 16.5 Å². The minimum Gasteiger partial charge on any atom is -0.360 e. The third kappa shape index (κ3) is 3.27. The van der Waals surface area contributed by atoms with Crippen molar-refractivity contribution in [2.75, 3.05) is 41.3 Å². The zero-order valence-electron chi connectivity index (χ0n) is 18.6. The summed E-state index contributed by atoms with van der Waals surface area (Å²) in [6.45, 7) is 5.33. The summed E-state index contributed by atoms with van der Waals surface area (Å²) in [7, 11) is -3.52. The number of nitrogens with one attached hydrogen (secondary N) is 1. The topological polar surface area (TPSA) is 59.7 Å². The summed E-state index contributed by atoms with van der Waals surface area (Å²) >= 11 is 0. The van der Waals surface area contributed by atoms with Crippen LogP contribution in [0.4, 0.5) is 15.8 Å². The van der Waals surface area contributed by atoms with E-state index >= 15 is 0 Å². The van der Waals surface area contributed by atoms with Crippen LogP contribution in [0.2, 0.25) is 0 Å². The number of nitrogens with zero attached hydrogens (tertiary/aromatic N) is 3. The average Bonchev–Trinajstić information content (AvgIpc) is 3.32. The van der Waals surface area contributed by atoms with E-state index in [9.17, 15) is 12.8 Å². The first kappa shape index (κ1) is 20.7. The quantitative estimate of drug-likeness (QED) is 0.626. The van der Waals surface area contributed by atoms with Crippen LogP contribution in [0.15, 0.2) is 42.6 Å². The van der Waals surface area contributed by atoms with Crippen molar-refractivity contribution in [3.63, 3.8) is 0 Å². The number of hydrogen-bond acceptors (Lipinski definition) is 3. The molecule has 0 fully saturated rings. The smallest absolute Gasteiger partial charge is 0.326 e. The Hall–Kier alpha value is -2.84. The van der Waals surface area contributed by atoms with Gasteiger partial charge in [-0.15, -0.1) is 0 Å². The van der Waals surface area contributed by atoms with Crippen LogP contribution >= 0.6 is 0 Å². The summed E-state index contributed by atoms with van der Waals surface area (Å²) in [5.74, 6) is -0.241. The van der Waals surface area contributed by atoms with Gasteiger partial charge in [-0.25, -0.2) is 8.70 Å². The van der Waals surface area contributed by atoms with Crippen molar-refractivity contribution in [1.82, 2.24) is 9.88 Å². The first-order valence-electron chi connectivity index (χ1n) is 11.5. The normalized spacial score (nSPS) is 19.8. The molecule has 1 aromatic heterocycles. The van der Waals surface area contributed by atoms with Gasteiger partial charge in [0.25, 0.3) is 0 Å². The van der Waals surface area contributed by atoms with Gasteiger partial charge in [-0.3, -0.25) is 9.21 Å². The van der Waals surface area contributed by atoms with E-state index < -0.39 is 10.2 Å². The molecule has 0 amide bonds. The minimum atomic E-state index is -3.52. The molecule has 0 unspecified atom stereocenters. The van der Waals surface area contributed by atoms with E-state index in [0.29, 0.717) is 19.6 Å². The predicted molar refractivity (Wildman–Crippen MR) is 130 cm³/mol. The molecule has 3 aliphatic rings. The van der Waals surface area contributed by atoms with Crippen LogP contribution in [0.5, 0.6) is 0 Å². The van der Waals surface area contributed by atoms with E-state index in [2.05, 4.69) is 28.1 Å². The summed E-state index contributed by atoms with van der Waals surface area (Å²) in [6, 6.07) is 8.98. The first-order chi connectivity index (χ1) is 15.9. The molecule has 0 spiro atoms. The number of halogens is 1. The molecule has 6 rings (SSSR count).